The van der Waals surface area contributed by atoms with Crippen LogP contribution in [0.1, 0.15) is 16.7 Å². The number of nitrogens with zero attached hydrogens (tertiary/aromatic N) is 2. The highest BCUT2D eigenvalue weighted by molar-refractivity contribution is 8.16. The number of thioether (sulfide) groups is 1. The number of hydrogen-bond donors (Lipinski definition) is 0. The number of sulfone groups is 1. The number of aliphatic imine (C=N–C) groups is 1. The Morgan fingerprint density at radius 2 is 1.79 bits per heavy atom. The number of rotatable bonds is 3. The van der Waals surface area contributed by atoms with E-state index in [0.29, 0.717) is 10.2 Å². The van der Waals surface area contributed by atoms with Gasteiger partial charge in [0.25, 0.3) is 5.91 Å². The summed E-state index contributed by atoms with van der Waals surface area (Å²) in [5, 5.41) is 1.10. The van der Waals surface area contributed by atoms with Gasteiger partial charge in [-0.3, -0.25) is 4.79 Å². The van der Waals surface area contributed by atoms with Gasteiger partial charge in [-0.15, -0.1) is 0 Å². The average molecular weight is 449 g/mol. The number of amides is 1. The molecule has 0 saturated carbocycles. The molecule has 2 atom stereocenters. The largest absolute Gasteiger partial charge is 0.315 e. The zero-order chi connectivity index (χ0) is 20.8. The summed E-state index contributed by atoms with van der Waals surface area (Å²) in [5.41, 5.74) is 3.86. The van der Waals surface area contributed by atoms with Gasteiger partial charge < -0.3 is 4.90 Å². The van der Waals surface area contributed by atoms with Gasteiger partial charge in [-0.1, -0.05) is 53.7 Å². The van der Waals surface area contributed by atoms with Crippen molar-refractivity contribution in [2.24, 2.45) is 4.99 Å². The smallest absolute Gasteiger partial charge is 0.252 e. The van der Waals surface area contributed by atoms with E-state index >= 15 is 0 Å². The number of amidine groups is 1. The maximum absolute atomic E-state index is 12.7. The van der Waals surface area contributed by atoms with Crippen LogP contribution in [0.5, 0.6) is 0 Å². The van der Waals surface area contributed by atoms with Crippen molar-refractivity contribution in [2.75, 3.05) is 16.4 Å². The lowest BCUT2D eigenvalue weighted by Crippen LogP contribution is -2.38. The standard InChI is InChI=1S/C21H21ClN2O3S2/c1-13-4-3-5-14(2)20(13)24-17-11-29(26,27)12-18(17)28-21(24)23-19(25)10-15-6-8-16(22)9-7-15/h3-9,17-18H,10-12H2,1-2H3/t17-,18+/m1/s1. The molecule has 2 saturated heterocycles. The van der Waals surface area contributed by atoms with E-state index in [-0.39, 0.29) is 35.1 Å². The van der Waals surface area contributed by atoms with Crippen LogP contribution < -0.4 is 4.90 Å². The number of fused-ring (bicyclic) bond motifs is 1. The van der Waals surface area contributed by atoms with Crippen molar-refractivity contribution < 1.29 is 13.2 Å². The van der Waals surface area contributed by atoms with Crippen molar-refractivity contribution in [3.63, 3.8) is 0 Å². The van der Waals surface area contributed by atoms with Crippen LogP contribution in [0.25, 0.3) is 0 Å². The summed E-state index contributed by atoms with van der Waals surface area (Å²) in [6.07, 6.45) is 0.176. The number of benzene rings is 2. The van der Waals surface area contributed by atoms with Crippen molar-refractivity contribution in [2.45, 2.75) is 31.6 Å². The van der Waals surface area contributed by atoms with Gasteiger partial charge >= 0.3 is 0 Å². The fourth-order valence-electron chi connectivity index (χ4n) is 3.93. The molecule has 0 N–H and O–H groups in total. The topological polar surface area (TPSA) is 66.8 Å². The van der Waals surface area contributed by atoms with Gasteiger partial charge in [0.1, 0.15) is 0 Å². The Kier molecular flexibility index (Phi) is 5.48. The van der Waals surface area contributed by atoms with Gasteiger partial charge in [-0.2, -0.15) is 4.99 Å². The molecule has 152 valence electrons. The van der Waals surface area contributed by atoms with E-state index in [1.165, 1.54) is 11.8 Å². The highest BCUT2D eigenvalue weighted by atomic mass is 35.5. The summed E-state index contributed by atoms with van der Waals surface area (Å²) in [7, 11) is -3.09. The molecular weight excluding hydrogens is 428 g/mol. The highest BCUT2D eigenvalue weighted by Gasteiger charge is 2.49. The molecule has 2 aliphatic heterocycles. The first kappa shape index (κ1) is 20.4. The van der Waals surface area contributed by atoms with Crippen LogP contribution in [0.4, 0.5) is 5.69 Å². The predicted molar refractivity (Wildman–Crippen MR) is 120 cm³/mol. The second kappa shape index (κ2) is 7.78. The van der Waals surface area contributed by atoms with Crippen LogP contribution in [0.2, 0.25) is 5.02 Å². The molecule has 2 aromatic rings. The van der Waals surface area contributed by atoms with Crippen LogP contribution in [-0.2, 0) is 21.1 Å². The van der Waals surface area contributed by atoms with Crippen molar-refractivity contribution in [1.29, 1.82) is 0 Å². The van der Waals surface area contributed by atoms with E-state index < -0.39 is 9.84 Å². The Bertz CT molecular complexity index is 1080. The van der Waals surface area contributed by atoms with E-state index in [1.54, 1.807) is 12.1 Å². The molecule has 0 bridgehead atoms. The van der Waals surface area contributed by atoms with Gasteiger partial charge in [0.05, 0.1) is 24.0 Å². The van der Waals surface area contributed by atoms with E-state index in [1.807, 2.05) is 49.1 Å². The Labute approximate surface area is 180 Å². The van der Waals surface area contributed by atoms with Gasteiger partial charge in [0.2, 0.25) is 0 Å². The first-order valence-electron chi connectivity index (χ1n) is 9.32. The molecule has 0 spiro atoms. The molecular formula is C21H21ClN2O3S2. The minimum atomic E-state index is -3.09. The molecule has 8 heteroatoms. The normalized spacial score (nSPS) is 24.1. The Hall–Kier alpha value is -1.83. The van der Waals surface area contributed by atoms with Crippen LogP contribution in [0.15, 0.2) is 47.5 Å². The van der Waals surface area contributed by atoms with Gasteiger partial charge in [-0.05, 0) is 42.7 Å². The van der Waals surface area contributed by atoms with Crippen LogP contribution in [-0.4, -0.2) is 42.3 Å². The Balaban J connectivity index is 1.69. The van der Waals surface area contributed by atoms with Crippen LogP contribution in [0, 0.1) is 13.8 Å². The number of para-hydroxylation sites is 1. The third-order valence-electron chi connectivity index (χ3n) is 5.24. The summed E-state index contributed by atoms with van der Waals surface area (Å²) < 4.78 is 24.5. The van der Waals surface area contributed by atoms with Crippen molar-refractivity contribution in [1.82, 2.24) is 0 Å². The second-order valence-electron chi connectivity index (χ2n) is 7.50. The van der Waals surface area contributed by atoms with Gasteiger partial charge in [0.15, 0.2) is 15.0 Å². The number of carbonyl (C=O) groups excluding carboxylic acids is 1. The zero-order valence-corrected chi connectivity index (χ0v) is 18.5. The number of hydrogen-bond acceptors (Lipinski definition) is 4. The summed E-state index contributed by atoms with van der Waals surface area (Å²) in [4.78, 5) is 19.0. The lowest BCUT2D eigenvalue weighted by atomic mass is 10.1. The highest BCUT2D eigenvalue weighted by Crippen LogP contribution is 2.43. The lowest BCUT2D eigenvalue weighted by molar-refractivity contribution is -0.117. The van der Waals surface area contributed by atoms with E-state index in [0.717, 1.165) is 22.4 Å². The van der Waals surface area contributed by atoms with Gasteiger partial charge in [-0.25, -0.2) is 8.42 Å². The molecule has 0 aliphatic carbocycles. The molecule has 2 aromatic carbocycles. The molecule has 2 fully saturated rings. The van der Waals surface area contributed by atoms with E-state index in [4.69, 9.17) is 11.6 Å². The second-order valence-corrected chi connectivity index (χ2v) is 11.3. The Morgan fingerprint density at radius 1 is 1.14 bits per heavy atom. The molecule has 29 heavy (non-hydrogen) atoms. The Morgan fingerprint density at radius 3 is 2.45 bits per heavy atom. The van der Waals surface area contributed by atoms with Crippen molar-refractivity contribution in [3.8, 4) is 0 Å². The molecule has 0 unspecified atom stereocenters. The first-order valence-corrected chi connectivity index (χ1v) is 12.4. The zero-order valence-electron chi connectivity index (χ0n) is 16.1. The maximum atomic E-state index is 12.7. The first-order chi connectivity index (χ1) is 13.7. The fraction of sp³-hybridized carbons (Fsp3) is 0.333. The number of halogens is 1. The molecule has 1 amide bonds. The minimum absolute atomic E-state index is 0.0861. The summed E-state index contributed by atoms with van der Waals surface area (Å²) >= 11 is 7.31. The van der Waals surface area contributed by atoms with Crippen molar-refractivity contribution in [3.05, 3.63) is 64.2 Å². The molecule has 2 aliphatic rings. The number of anilines is 1. The predicted octanol–water partition coefficient (Wildman–Crippen LogP) is 3.80. The van der Waals surface area contributed by atoms with Crippen LogP contribution in [0.3, 0.4) is 0 Å². The van der Waals surface area contributed by atoms with Crippen LogP contribution >= 0.6 is 23.4 Å². The summed E-state index contributed by atoms with van der Waals surface area (Å²) in [5.74, 6) is -0.0503. The SMILES string of the molecule is Cc1cccc(C)c1N1C(=NC(=O)Cc2ccc(Cl)cc2)S[C@H]2CS(=O)(=O)C[C@H]21. The minimum Gasteiger partial charge on any atom is -0.315 e. The van der Waals surface area contributed by atoms with E-state index in [9.17, 15) is 13.2 Å². The fourth-order valence-corrected chi connectivity index (χ4v) is 7.98. The molecule has 5 nitrogen and oxygen atoms in total. The molecule has 0 radical (unpaired) electrons. The van der Waals surface area contributed by atoms with Crippen molar-refractivity contribution >= 4 is 50.0 Å². The summed E-state index contributed by atoms with van der Waals surface area (Å²) in [6.45, 7) is 3.99. The maximum Gasteiger partial charge on any atom is 0.252 e. The van der Waals surface area contributed by atoms with Gasteiger partial charge in [0, 0.05) is 16.0 Å². The molecule has 4 rings (SSSR count). The monoisotopic (exact) mass is 448 g/mol. The average Bonchev–Trinajstić information content (AvgIpc) is 3.09. The molecule has 2 heterocycles. The van der Waals surface area contributed by atoms with E-state index in [2.05, 4.69) is 4.99 Å². The number of aryl methyl sites for hydroxylation is 2. The number of carbonyl (C=O) groups is 1. The lowest BCUT2D eigenvalue weighted by Gasteiger charge is -2.28. The molecule has 0 aromatic heterocycles. The third kappa shape index (κ3) is 4.22. The third-order valence-corrected chi connectivity index (χ3v) is 8.70. The quantitative estimate of drug-likeness (QED) is 0.714. The summed E-state index contributed by atoms with van der Waals surface area (Å²) in [6, 6.07) is 12.9.